The van der Waals surface area contributed by atoms with E-state index in [2.05, 4.69) is 57.9 Å². The summed E-state index contributed by atoms with van der Waals surface area (Å²) in [6.07, 6.45) is 3.49. The van der Waals surface area contributed by atoms with E-state index in [0.29, 0.717) is 19.8 Å². The molecule has 0 aliphatic carbocycles. The van der Waals surface area contributed by atoms with E-state index in [9.17, 15) is 0 Å². The molecule has 0 aliphatic rings. The smallest absolute Gasteiger partial charge is 0.191 e. The number of aryl methyl sites for hydroxylation is 2. The Morgan fingerprint density at radius 2 is 2.11 bits per heavy atom. The van der Waals surface area contributed by atoms with E-state index in [-0.39, 0.29) is 0 Å². The number of methoxy groups -OCH3 is 1. The molecular weight excluding hydrogens is 356 g/mol. The molecule has 0 spiro atoms. The third-order valence-electron chi connectivity index (χ3n) is 4.30. The van der Waals surface area contributed by atoms with Gasteiger partial charge >= 0.3 is 0 Å². The summed E-state index contributed by atoms with van der Waals surface area (Å²) in [7, 11) is 3.47. The van der Waals surface area contributed by atoms with E-state index < -0.39 is 0 Å². The summed E-state index contributed by atoms with van der Waals surface area (Å²) in [5.74, 6) is 2.63. The van der Waals surface area contributed by atoms with Gasteiger partial charge in [-0.1, -0.05) is 19.1 Å². The minimum atomic E-state index is 0.631. The van der Waals surface area contributed by atoms with Crippen molar-refractivity contribution >= 4 is 5.96 Å². The van der Waals surface area contributed by atoms with Gasteiger partial charge < -0.3 is 24.7 Å². The predicted octanol–water partition coefficient (Wildman–Crippen LogP) is 1.93. The Bertz CT molecular complexity index is 744. The maximum absolute atomic E-state index is 5.94. The van der Waals surface area contributed by atoms with Crippen LogP contribution in [0.3, 0.4) is 0 Å². The van der Waals surface area contributed by atoms with Crippen LogP contribution in [0.2, 0.25) is 0 Å². The van der Waals surface area contributed by atoms with Crippen molar-refractivity contribution in [2.24, 2.45) is 4.99 Å². The summed E-state index contributed by atoms with van der Waals surface area (Å²) in [5, 5.41) is 14.7. The first-order valence-corrected chi connectivity index (χ1v) is 9.70. The monoisotopic (exact) mass is 388 g/mol. The predicted molar refractivity (Wildman–Crippen MR) is 111 cm³/mol. The van der Waals surface area contributed by atoms with Gasteiger partial charge in [-0.3, -0.25) is 4.99 Å². The van der Waals surface area contributed by atoms with Crippen molar-refractivity contribution in [3.8, 4) is 5.75 Å². The van der Waals surface area contributed by atoms with Gasteiger partial charge in [0, 0.05) is 58.8 Å². The molecular formula is C20H32N6O2. The summed E-state index contributed by atoms with van der Waals surface area (Å²) in [4.78, 5) is 4.29. The largest absolute Gasteiger partial charge is 0.493 e. The molecule has 1 aromatic carbocycles. The average Bonchev–Trinajstić information content (AvgIpc) is 3.16. The molecule has 0 unspecified atom stereocenters. The van der Waals surface area contributed by atoms with Crippen molar-refractivity contribution in [1.29, 1.82) is 0 Å². The van der Waals surface area contributed by atoms with E-state index in [0.717, 1.165) is 49.0 Å². The number of guanidine groups is 1. The Morgan fingerprint density at radius 1 is 1.25 bits per heavy atom. The highest BCUT2D eigenvalue weighted by Gasteiger charge is 2.07. The minimum Gasteiger partial charge on any atom is -0.493 e. The highest BCUT2D eigenvalue weighted by atomic mass is 16.5. The second kappa shape index (κ2) is 12.0. The molecule has 0 bridgehead atoms. The lowest BCUT2D eigenvalue weighted by Crippen LogP contribution is -2.38. The molecule has 8 nitrogen and oxygen atoms in total. The Hall–Kier alpha value is -2.61. The maximum Gasteiger partial charge on any atom is 0.191 e. The fourth-order valence-electron chi connectivity index (χ4n) is 2.76. The molecule has 154 valence electrons. The molecule has 2 N–H and O–H groups in total. The van der Waals surface area contributed by atoms with Gasteiger partial charge in [0.2, 0.25) is 0 Å². The van der Waals surface area contributed by atoms with E-state index in [1.807, 2.05) is 4.57 Å². The van der Waals surface area contributed by atoms with Crippen LogP contribution in [0.15, 0.2) is 29.5 Å². The highest BCUT2D eigenvalue weighted by Crippen LogP contribution is 2.20. The SMILES string of the molecule is CCc1nncn1CCNC(=NC)NCc1ccc(C)cc1OCCCOC. The van der Waals surface area contributed by atoms with Crippen molar-refractivity contribution in [3.05, 3.63) is 41.5 Å². The van der Waals surface area contributed by atoms with Gasteiger partial charge in [-0.2, -0.15) is 0 Å². The fourth-order valence-corrected chi connectivity index (χ4v) is 2.76. The zero-order valence-corrected chi connectivity index (χ0v) is 17.4. The van der Waals surface area contributed by atoms with Crippen LogP contribution in [-0.2, 0) is 24.2 Å². The Morgan fingerprint density at radius 3 is 2.86 bits per heavy atom. The van der Waals surface area contributed by atoms with Crippen molar-refractivity contribution in [1.82, 2.24) is 25.4 Å². The second-order valence-electron chi connectivity index (χ2n) is 6.45. The van der Waals surface area contributed by atoms with Crippen molar-refractivity contribution < 1.29 is 9.47 Å². The molecule has 2 aromatic rings. The molecule has 0 amide bonds. The number of nitrogens with zero attached hydrogens (tertiary/aromatic N) is 4. The van der Waals surface area contributed by atoms with Crippen LogP contribution < -0.4 is 15.4 Å². The van der Waals surface area contributed by atoms with Crippen molar-refractivity contribution in [3.63, 3.8) is 0 Å². The number of benzene rings is 1. The molecule has 2 rings (SSSR count). The van der Waals surface area contributed by atoms with E-state index in [1.54, 1.807) is 20.5 Å². The summed E-state index contributed by atoms with van der Waals surface area (Å²) in [5.41, 5.74) is 2.27. The van der Waals surface area contributed by atoms with E-state index in [4.69, 9.17) is 9.47 Å². The van der Waals surface area contributed by atoms with Crippen molar-refractivity contribution in [2.75, 3.05) is 33.9 Å². The van der Waals surface area contributed by atoms with Crippen molar-refractivity contribution in [2.45, 2.75) is 39.8 Å². The molecule has 0 saturated carbocycles. The van der Waals surface area contributed by atoms with Crippen LogP contribution >= 0.6 is 0 Å². The molecule has 0 saturated heterocycles. The number of nitrogens with one attached hydrogen (secondary N) is 2. The molecule has 0 atom stereocenters. The Balaban J connectivity index is 1.85. The van der Waals surface area contributed by atoms with Gasteiger partial charge in [0.25, 0.3) is 0 Å². The summed E-state index contributed by atoms with van der Waals surface area (Å²) in [6.45, 7) is 7.62. The van der Waals surface area contributed by atoms with Crippen LogP contribution in [-0.4, -0.2) is 54.6 Å². The number of ether oxygens (including phenoxy) is 2. The van der Waals surface area contributed by atoms with Gasteiger partial charge in [0.1, 0.15) is 17.9 Å². The number of aliphatic imine (C=N–C) groups is 1. The standard InChI is InChI=1S/C20H32N6O2/c1-5-19-25-24-15-26(19)10-9-22-20(21-3)23-14-17-8-7-16(2)13-18(17)28-12-6-11-27-4/h7-8,13,15H,5-6,9-12,14H2,1-4H3,(H2,21,22,23). The number of rotatable bonds is 11. The molecule has 28 heavy (non-hydrogen) atoms. The van der Waals surface area contributed by atoms with Gasteiger partial charge in [0.05, 0.1) is 6.61 Å². The van der Waals surface area contributed by atoms with E-state index >= 15 is 0 Å². The average molecular weight is 389 g/mol. The number of aromatic nitrogens is 3. The fraction of sp³-hybridized carbons (Fsp3) is 0.550. The molecule has 0 fully saturated rings. The maximum atomic E-state index is 5.94. The first-order chi connectivity index (χ1) is 13.7. The quantitative estimate of drug-likeness (QED) is 0.348. The lowest BCUT2D eigenvalue weighted by atomic mass is 10.1. The third-order valence-corrected chi connectivity index (χ3v) is 4.30. The molecule has 8 heteroatoms. The van der Waals surface area contributed by atoms with Crippen LogP contribution in [0.4, 0.5) is 0 Å². The number of hydrogen-bond acceptors (Lipinski definition) is 5. The number of hydrogen-bond donors (Lipinski definition) is 2. The minimum absolute atomic E-state index is 0.631. The summed E-state index contributed by atoms with van der Waals surface area (Å²) < 4.78 is 13.1. The summed E-state index contributed by atoms with van der Waals surface area (Å²) in [6, 6.07) is 6.25. The topological polar surface area (TPSA) is 85.6 Å². The van der Waals surface area contributed by atoms with Crippen LogP contribution in [0.1, 0.15) is 30.3 Å². The van der Waals surface area contributed by atoms with E-state index in [1.165, 1.54) is 5.56 Å². The normalized spacial score (nSPS) is 11.5. The Labute approximate surface area is 167 Å². The highest BCUT2D eigenvalue weighted by molar-refractivity contribution is 5.79. The van der Waals surface area contributed by atoms with Gasteiger partial charge in [-0.05, 0) is 18.6 Å². The third kappa shape index (κ3) is 6.84. The lowest BCUT2D eigenvalue weighted by Gasteiger charge is -2.16. The molecule has 0 aliphatic heterocycles. The first kappa shape index (κ1) is 21.7. The first-order valence-electron chi connectivity index (χ1n) is 9.70. The van der Waals surface area contributed by atoms with Crippen LogP contribution in [0, 0.1) is 6.92 Å². The lowest BCUT2D eigenvalue weighted by molar-refractivity contribution is 0.171. The van der Waals surface area contributed by atoms with Gasteiger partial charge in [0.15, 0.2) is 5.96 Å². The summed E-state index contributed by atoms with van der Waals surface area (Å²) >= 11 is 0. The van der Waals surface area contributed by atoms with Gasteiger partial charge in [-0.15, -0.1) is 10.2 Å². The van der Waals surface area contributed by atoms with Gasteiger partial charge in [-0.25, -0.2) is 0 Å². The molecule has 0 radical (unpaired) electrons. The molecule has 1 heterocycles. The second-order valence-corrected chi connectivity index (χ2v) is 6.45. The Kier molecular flexibility index (Phi) is 9.27. The van der Waals surface area contributed by atoms with Crippen LogP contribution in [0.25, 0.3) is 0 Å². The molecule has 1 aromatic heterocycles. The zero-order chi connectivity index (χ0) is 20.2. The van der Waals surface area contributed by atoms with Crippen LogP contribution in [0.5, 0.6) is 5.75 Å². The zero-order valence-electron chi connectivity index (χ0n) is 17.4.